The lowest BCUT2D eigenvalue weighted by molar-refractivity contribution is 0.109. The summed E-state index contributed by atoms with van der Waals surface area (Å²) in [6, 6.07) is 0. The molecule has 12 heavy (non-hydrogen) atoms. The third-order valence-corrected chi connectivity index (χ3v) is 3.16. The predicted octanol–water partition coefficient (Wildman–Crippen LogP) is 1.49. The molecule has 1 aliphatic carbocycles. The van der Waals surface area contributed by atoms with Gasteiger partial charge in [0.05, 0.1) is 11.7 Å². The lowest BCUT2D eigenvalue weighted by Crippen LogP contribution is -2.33. The SMILES string of the molecule is C=C(C)[C@@H]1C[C@@H](O)[C@H]2O[C@]2(C)C1. The molecule has 0 aromatic carbocycles. The van der Waals surface area contributed by atoms with Crippen molar-refractivity contribution in [2.24, 2.45) is 5.92 Å². The number of allylic oxidation sites excluding steroid dienone is 1. The van der Waals surface area contributed by atoms with Crippen LogP contribution in [0.1, 0.15) is 26.7 Å². The molecule has 1 saturated heterocycles. The first-order chi connectivity index (χ1) is 5.53. The van der Waals surface area contributed by atoms with E-state index in [9.17, 15) is 5.11 Å². The molecule has 4 atom stereocenters. The average Bonchev–Trinajstić information content (AvgIpc) is 2.61. The van der Waals surface area contributed by atoms with E-state index in [4.69, 9.17) is 4.74 Å². The van der Waals surface area contributed by atoms with Gasteiger partial charge >= 0.3 is 0 Å². The van der Waals surface area contributed by atoms with Gasteiger partial charge in [-0.1, -0.05) is 12.2 Å². The molecule has 0 spiro atoms. The van der Waals surface area contributed by atoms with Crippen molar-refractivity contribution in [3.63, 3.8) is 0 Å². The molecule has 0 aromatic heterocycles. The van der Waals surface area contributed by atoms with Crippen LogP contribution < -0.4 is 0 Å². The number of epoxide rings is 1. The summed E-state index contributed by atoms with van der Waals surface area (Å²) in [5.74, 6) is 0.448. The lowest BCUT2D eigenvalue weighted by Gasteiger charge is -2.26. The number of ether oxygens (including phenoxy) is 1. The van der Waals surface area contributed by atoms with Crippen molar-refractivity contribution in [3.05, 3.63) is 12.2 Å². The highest BCUT2D eigenvalue weighted by molar-refractivity contribution is 5.13. The fourth-order valence-corrected chi connectivity index (χ4v) is 2.27. The summed E-state index contributed by atoms with van der Waals surface area (Å²) in [6.45, 7) is 8.04. The van der Waals surface area contributed by atoms with Gasteiger partial charge in [0, 0.05) is 0 Å². The molecule has 0 radical (unpaired) electrons. The van der Waals surface area contributed by atoms with Crippen LogP contribution in [0.15, 0.2) is 12.2 Å². The monoisotopic (exact) mass is 168 g/mol. The van der Waals surface area contributed by atoms with Gasteiger partial charge in [-0.25, -0.2) is 0 Å². The van der Waals surface area contributed by atoms with Crippen LogP contribution in [0.5, 0.6) is 0 Å². The first kappa shape index (κ1) is 8.27. The van der Waals surface area contributed by atoms with Gasteiger partial charge in [-0.3, -0.25) is 0 Å². The van der Waals surface area contributed by atoms with E-state index in [0.717, 1.165) is 12.8 Å². The van der Waals surface area contributed by atoms with Crippen LogP contribution in [0, 0.1) is 5.92 Å². The first-order valence-corrected chi connectivity index (χ1v) is 4.54. The summed E-state index contributed by atoms with van der Waals surface area (Å²) in [5.41, 5.74) is 1.13. The Bertz CT molecular complexity index is 224. The Labute approximate surface area is 73.2 Å². The minimum Gasteiger partial charge on any atom is -0.390 e. The van der Waals surface area contributed by atoms with Gasteiger partial charge in [0.2, 0.25) is 0 Å². The average molecular weight is 168 g/mol. The number of rotatable bonds is 1. The molecule has 0 aromatic rings. The van der Waals surface area contributed by atoms with Crippen molar-refractivity contribution in [3.8, 4) is 0 Å². The summed E-state index contributed by atoms with van der Waals surface area (Å²) in [6.07, 6.45) is 1.69. The molecular formula is C10H16O2. The van der Waals surface area contributed by atoms with Crippen LogP contribution in [0.2, 0.25) is 0 Å². The van der Waals surface area contributed by atoms with Crippen LogP contribution in [-0.2, 0) is 4.74 Å². The molecule has 0 unspecified atom stereocenters. The second-order valence-electron chi connectivity index (χ2n) is 4.40. The molecule has 1 heterocycles. The van der Waals surface area contributed by atoms with E-state index in [0.29, 0.717) is 5.92 Å². The molecular weight excluding hydrogens is 152 g/mol. The number of fused-ring (bicyclic) bond motifs is 1. The van der Waals surface area contributed by atoms with Gasteiger partial charge in [-0.15, -0.1) is 0 Å². The van der Waals surface area contributed by atoms with Gasteiger partial charge in [0.25, 0.3) is 0 Å². The molecule has 2 rings (SSSR count). The van der Waals surface area contributed by atoms with E-state index in [1.54, 1.807) is 0 Å². The molecule has 0 amide bonds. The normalized spacial score (nSPS) is 51.4. The van der Waals surface area contributed by atoms with Crippen molar-refractivity contribution in [1.29, 1.82) is 0 Å². The zero-order valence-corrected chi connectivity index (χ0v) is 7.71. The van der Waals surface area contributed by atoms with Crippen molar-refractivity contribution < 1.29 is 9.84 Å². The van der Waals surface area contributed by atoms with Crippen LogP contribution in [0.25, 0.3) is 0 Å². The maximum absolute atomic E-state index is 9.64. The molecule has 2 fully saturated rings. The van der Waals surface area contributed by atoms with E-state index in [-0.39, 0.29) is 17.8 Å². The molecule has 2 aliphatic rings. The highest BCUT2D eigenvalue weighted by atomic mass is 16.6. The van der Waals surface area contributed by atoms with Crippen molar-refractivity contribution in [2.75, 3.05) is 0 Å². The highest BCUT2D eigenvalue weighted by Gasteiger charge is 2.59. The van der Waals surface area contributed by atoms with Gasteiger partial charge in [0.1, 0.15) is 6.10 Å². The van der Waals surface area contributed by atoms with Crippen LogP contribution >= 0.6 is 0 Å². The molecule has 2 heteroatoms. The maximum atomic E-state index is 9.64. The predicted molar refractivity (Wildman–Crippen MR) is 46.8 cm³/mol. The molecule has 1 saturated carbocycles. The van der Waals surface area contributed by atoms with Crippen LogP contribution in [0.3, 0.4) is 0 Å². The molecule has 68 valence electrons. The quantitative estimate of drug-likeness (QED) is 0.475. The third kappa shape index (κ3) is 1.10. The van der Waals surface area contributed by atoms with Crippen molar-refractivity contribution >= 4 is 0 Å². The Morgan fingerprint density at radius 1 is 1.67 bits per heavy atom. The van der Waals surface area contributed by atoms with E-state index < -0.39 is 0 Å². The van der Waals surface area contributed by atoms with Crippen molar-refractivity contribution in [2.45, 2.75) is 44.5 Å². The lowest BCUT2D eigenvalue weighted by atomic mass is 9.78. The minimum absolute atomic E-state index is 0.0404. The van der Waals surface area contributed by atoms with Crippen LogP contribution in [-0.4, -0.2) is 22.9 Å². The number of aliphatic hydroxyl groups excluding tert-OH is 1. The van der Waals surface area contributed by atoms with Gasteiger partial charge in [-0.05, 0) is 32.6 Å². The van der Waals surface area contributed by atoms with E-state index >= 15 is 0 Å². The van der Waals surface area contributed by atoms with Gasteiger partial charge in [0.15, 0.2) is 0 Å². The highest BCUT2D eigenvalue weighted by Crippen LogP contribution is 2.50. The molecule has 1 aliphatic heterocycles. The second-order valence-corrected chi connectivity index (χ2v) is 4.40. The Kier molecular flexibility index (Phi) is 1.61. The Morgan fingerprint density at radius 3 is 2.83 bits per heavy atom. The van der Waals surface area contributed by atoms with E-state index in [1.807, 2.05) is 6.92 Å². The molecule has 0 bridgehead atoms. The first-order valence-electron chi connectivity index (χ1n) is 4.54. The molecule has 1 N–H and O–H groups in total. The minimum atomic E-state index is -0.273. The Morgan fingerprint density at radius 2 is 2.33 bits per heavy atom. The third-order valence-electron chi connectivity index (χ3n) is 3.16. The van der Waals surface area contributed by atoms with Crippen LogP contribution in [0.4, 0.5) is 0 Å². The number of hydrogen-bond acceptors (Lipinski definition) is 2. The largest absolute Gasteiger partial charge is 0.390 e. The summed E-state index contributed by atoms with van der Waals surface area (Å²) in [4.78, 5) is 0. The summed E-state index contributed by atoms with van der Waals surface area (Å²) < 4.78 is 5.47. The van der Waals surface area contributed by atoms with E-state index in [1.165, 1.54) is 5.57 Å². The zero-order chi connectivity index (χ0) is 8.93. The maximum Gasteiger partial charge on any atom is 0.113 e. The van der Waals surface area contributed by atoms with E-state index in [2.05, 4.69) is 13.5 Å². The Balaban J connectivity index is 2.09. The van der Waals surface area contributed by atoms with Gasteiger partial charge in [-0.2, -0.15) is 0 Å². The molecule has 2 nitrogen and oxygen atoms in total. The summed E-state index contributed by atoms with van der Waals surface area (Å²) in [7, 11) is 0. The fraction of sp³-hybridized carbons (Fsp3) is 0.800. The smallest absolute Gasteiger partial charge is 0.113 e. The number of aliphatic hydroxyl groups is 1. The number of hydrogen-bond donors (Lipinski definition) is 1. The fourth-order valence-electron chi connectivity index (χ4n) is 2.27. The van der Waals surface area contributed by atoms with Gasteiger partial charge < -0.3 is 9.84 Å². The Hall–Kier alpha value is -0.340. The standard InChI is InChI=1S/C10H16O2/c1-6(2)7-4-8(11)9-10(3,5-7)12-9/h7-9,11H,1,4-5H2,2-3H3/t7-,8-,9-,10-/m1/s1. The topological polar surface area (TPSA) is 32.8 Å². The zero-order valence-electron chi connectivity index (χ0n) is 7.71. The second kappa shape index (κ2) is 2.33. The van der Waals surface area contributed by atoms with Crippen molar-refractivity contribution in [1.82, 2.24) is 0 Å². The summed E-state index contributed by atoms with van der Waals surface area (Å²) >= 11 is 0. The summed E-state index contributed by atoms with van der Waals surface area (Å²) in [5, 5.41) is 9.64.